The molecule has 0 saturated heterocycles. The molecule has 1 rings (SSSR count). The molecule has 0 bridgehead atoms. The maximum atomic E-state index is 13.7. The maximum absolute atomic E-state index is 13.7. The van der Waals surface area contributed by atoms with E-state index >= 15 is 0 Å². The van der Waals surface area contributed by atoms with E-state index < -0.39 is 29.8 Å². The number of methoxy groups -OCH3 is 1. The Morgan fingerprint density at radius 2 is 1.82 bits per heavy atom. The van der Waals surface area contributed by atoms with Gasteiger partial charge < -0.3 is 14.8 Å². The van der Waals surface area contributed by atoms with Gasteiger partial charge in [0, 0.05) is 6.92 Å². The summed E-state index contributed by atoms with van der Waals surface area (Å²) in [5.41, 5.74) is 0.630. The molecule has 0 saturated carbocycles. The third-order valence-electron chi connectivity index (χ3n) is 2.74. The predicted molar refractivity (Wildman–Crippen MR) is 71.2 cm³/mol. The van der Waals surface area contributed by atoms with Crippen LogP contribution < -0.4 is 5.32 Å². The van der Waals surface area contributed by atoms with Gasteiger partial charge in [0.15, 0.2) is 0 Å². The lowest BCUT2D eigenvalue weighted by atomic mass is 10.1. The summed E-state index contributed by atoms with van der Waals surface area (Å²) in [6, 6.07) is 6.04. The van der Waals surface area contributed by atoms with Crippen LogP contribution in [0.2, 0.25) is 0 Å². The lowest BCUT2D eigenvalue weighted by molar-refractivity contribution is -0.162. The van der Waals surface area contributed by atoms with Crippen LogP contribution in [0, 0.1) is 0 Å². The highest BCUT2D eigenvalue weighted by Crippen LogP contribution is 2.21. The average Bonchev–Trinajstić information content (AvgIpc) is 2.50. The maximum Gasteiger partial charge on any atom is 0.408 e. The van der Waals surface area contributed by atoms with Crippen LogP contribution in [0.5, 0.6) is 0 Å². The van der Waals surface area contributed by atoms with Gasteiger partial charge in [-0.3, -0.25) is 4.79 Å². The van der Waals surface area contributed by atoms with Crippen LogP contribution in [0.4, 0.5) is 13.6 Å². The van der Waals surface area contributed by atoms with Gasteiger partial charge in [0.2, 0.25) is 11.8 Å². The first-order valence-corrected chi connectivity index (χ1v) is 6.23. The molecule has 1 N–H and O–H groups in total. The van der Waals surface area contributed by atoms with Gasteiger partial charge in [-0.15, -0.1) is 0 Å². The van der Waals surface area contributed by atoms with Gasteiger partial charge in [0.05, 0.1) is 7.11 Å². The zero-order valence-corrected chi connectivity index (χ0v) is 12.0. The number of hydrogen-bond donors (Lipinski definition) is 1. The van der Waals surface area contributed by atoms with Crippen molar-refractivity contribution in [3.8, 4) is 0 Å². The summed E-state index contributed by atoms with van der Waals surface area (Å²) in [6.07, 6.45) is -1.26. The number of benzene rings is 1. The fourth-order valence-corrected chi connectivity index (χ4v) is 1.50. The van der Waals surface area contributed by atoms with Crippen LogP contribution in [0.25, 0.3) is 0 Å². The Bertz CT molecular complexity index is 547. The number of nitrogens with one attached hydrogen (secondary N) is 1. The Kier molecular flexibility index (Phi) is 5.97. The normalized spacial score (nSPS) is 12.2. The number of esters is 1. The minimum Gasteiger partial charge on any atom is -0.467 e. The number of carbonyl (C=O) groups is 3. The molecule has 6 nitrogen and oxygen atoms in total. The molecule has 1 amide bonds. The summed E-state index contributed by atoms with van der Waals surface area (Å²) >= 11 is 0. The molecule has 0 aliphatic carbocycles. The Morgan fingerprint density at radius 1 is 1.23 bits per heavy atom. The smallest absolute Gasteiger partial charge is 0.408 e. The van der Waals surface area contributed by atoms with E-state index in [9.17, 15) is 23.2 Å². The molecule has 0 aromatic heterocycles. The number of amides is 1. The van der Waals surface area contributed by atoms with E-state index in [0.29, 0.717) is 12.5 Å². The molecule has 1 aromatic carbocycles. The monoisotopic (exact) mass is 315 g/mol. The number of halogens is 2. The van der Waals surface area contributed by atoms with Crippen LogP contribution in [0.15, 0.2) is 30.3 Å². The highest BCUT2D eigenvalue weighted by atomic mass is 19.3. The molecule has 120 valence electrons. The quantitative estimate of drug-likeness (QED) is 0.808. The minimum absolute atomic E-state index is 0.174. The third-order valence-corrected chi connectivity index (χ3v) is 2.74. The lowest BCUT2D eigenvalue weighted by Crippen LogP contribution is -2.56. The molecule has 0 radical (unpaired) electrons. The first kappa shape index (κ1) is 17.5. The highest BCUT2D eigenvalue weighted by molar-refractivity contribution is 5.93. The van der Waals surface area contributed by atoms with Crippen molar-refractivity contribution in [2.45, 2.75) is 25.5 Å². The molecule has 0 aliphatic rings. The summed E-state index contributed by atoms with van der Waals surface area (Å²) in [5, 5.41) is 1.65. The van der Waals surface area contributed by atoms with Gasteiger partial charge >= 0.3 is 18.0 Å². The number of carbonyl (C=O) groups excluding carboxylic acids is 3. The molecule has 22 heavy (non-hydrogen) atoms. The Labute approximate surface area is 125 Å². The number of rotatable bonds is 6. The molecule has 1 unspecified atom stereocenters. The minimum atomic E-state index is -4.10. The average molecular weight is 315 g/mol. The number of alkyl carbamates (subject to hydrolysis) is 1. The molecule has 0 aliphatic heterocycles. The van der Waals surface area contributed by atoms with Gasteiger partial charge in [0.25, 0.3) is 0 Å². The molecule has 0 spiro atoms. The van der Waals surface area contributed by atoms with Crippen molar-refractivity contribution in [1.29, 1.82) is 0 Å². The summed E-state index contributed by atoms with van der Waals surface area (Å²) < 4.78 is 36.2. The Morgan fingerprint density at radius 3 is 2.32 bits per heavy atom. The van der Waals surface area contributed by atoms with Gasteiger partial charge in [-0.2, -0.15) is 8.78 Å². The molecule has 0 fully saturated rings. The van der Waals surface area contributed by atoms with Gasteiger partial charge in [-0.25, -0.2) is 9.59 Å². The number of alkyl halides is 2. The summed E-state index contributed by atoms with van der Waals surface area (Å²) in [6.45, 7) is 0.430. The summed E-state index contributed by atoms with van der Waals surface area (Å²) in [4.78, 5) is 33.8. The van der Waals surface area contributed by atoms with Crippen molar-refractivity contribution >= 4 is 17.8 Å². The zero-order valence-electron chi connectivity index (χ0n) is 12.0. The van der Waals surface area contributed by atoms with Crippen molar-refractivity contribution in [3.63, 3.8) is 0 Å². The Balaban J connectivity index is 2.71. The van der Waals surface area contributed by atoms with E-state index in [0.717, 1.165) is 7.11 Å². The third kappa shape index (κ3) is 4.51. The molecule has 0 heterocycles. The van der Waals surface area contributed by atoms with Gasteiger partial charge in [-0.1, -0.05) is 30.3 Å². The second-order valence-corrected chi connectivity index (χ2v) is 4.34. The SMILES string of the molecule is COC(=O)C(NC(=O)OCc1ccccc1)C(F)(F)C(C)=O. The Hall–Kier alpha value is -2.51. The fraction of sp³-hybridized carbons (Fsp3) is 0.357. The summed E-state index contributed by atoms with van der Waals surface area (Å²) in [7, 11) is 0.864. The van der Waals surface area contributed by atoms with Crippen molar-refractivity contribution in [2.75, 3.05) is 7.11 Å². The number of Topliss-reactive ketones (excluding diaryl/α,β-unsaturated/α-hetero) is 1. The van der Waals surface area contributed by atoms with E-state index in [-0.39, 0.29) is 6.61 Å². The van der Waals surface area contributed by atoms with E-state index in [1.54, 1.807) is 35.6 Å². The number of hydrogen-bond acceptors (Lipinski definition) is 5. The largest absolute Gasteiger partial charge is 0.467 e. The highest BCUT2D eigenvalue weighted by Gasteiger charge is 2.50. The van der Waals surface area contributed by atoms with Crippen LogP contribution in [-0.2, 0) is 25.7 Å². The molecular formula is C14H15F2NO5. The summed E-state index contributed by atoms with van der Waals surface area (Å²) in [5.74, 6) is -7.12. The van der Waals surface area contributed by atoms with Crippen molar-refractivity contribution in [1.82, 2.24) is 5.32 Å². The molecule has 1 atom stereocenters. The van der Waals surface area contributed by atoms with Crippen LogP contribution in [0.1, 0.15) is 12.5 Å². The first-order chi connectivity index (χ1) is 10.3. The van der Waals surface area contributed by atoms with Crippen LogP contribution in [0.3, 0.4) is 0 Å². The predicted octanol–water partition coefficient (Wildman–Crippen LogP) is 1.68. The topological polar surface area (TPSA) is 81.7 Å². The van der Waals surface area contributed by atoms with E-state index in [2.05, 4.69) is 4.74 Å². The number of ether oxygens (including phenoxy) is 2. The standard InChI is InChI=1S/C14H15F2NO5/c1-9(18)14(15,16)11(12(19)21-2)17-13(20)22-8-10-6-4-3-5-7-10/h3-7,11H,8H2,1-2H3,(H,17,20). The number of ketones is 1. The van der Waals surface area contributed by atoms with Crippen LogP contribution in [-0.4, -0.2) is 36.9 Å². The van der Waals surface area contributed by atoms with E-state index in [1.807, 2.05) is 0 Å². The van der Waals surface area contributed by atoms with Gasteiger partial charge in [-0.05, 0) is 5.56 Å². The zero-order chi connectivity index (χ0) is 16.8. The van der Waals surface area contributed by atoms with E-state index in [1.165, 1.54) is 0 Å². The van der Waals surface area contributed by atoms with Gasteiger partial charge in [0.1, 0.15) is 6.61 Å². The second kappa shape index (κ2) is 7.48. The molecular weight excluding hydrogens is 300 g/mol. The van der Waals surface area contributed by atoms with E-state index in [4.69, 9.17) is 4.74 Å². The molecule has 1 aromatic rings. The molecule has 8 heteroatoms. The first-order valence-electron chi connectivity index (χ1n) is 6.23. The second-order valence-electron chi connectivity index (χ2n) is 4.34. The van der Waals surface area contributed by atoms with Crippen LogP contribution >= 0.6 is 0 Å². The van der Waals surface area contributed by atoms with Crippen molar-refractivity contribution < 1.29 is 32.6 Å². The lowest BCUT2D eigenvalue weighted by Gasteiger charge is -2.23. The van der Waals surface area contributed by atoms with Crippen molar-refractivity contribution in [2.24, 2.45) is 0 Å². The fourth-order valence-electron chi connectivity index (χ4n) is 1.50. The van der Waals surface area contributed by atoms with Crippen molar-refractivity contribution in [3.05, 3.63) is 35.9 Å².